The Kier molecular flexibility index (Phi) is 5.09. The second kappa shape index (κ2) is 6.11. The lowest BCUT2D eigenvalue weighted by Crippen LogP contribution is -1.97. The number of hydrogen-bond donors (Lipinski definition) is 0. The Labute approximate surface area is 104 Å². The van der Waals surface area contributed by atoms with E-state index in [1.54, 1.807) is 23.9 Å². The van der Waals surface area contributed by atoms with E-state index in [0.717, 1.165) is 16.9 Å². The van der Waals surface area contributed by atoms with Crippen LogP contribution in [0.2, 0.25) is 0 Å². The van der Waals surface area contributed by atoms with Gasteiger partial charge in [0, 0.05) is 28.2 Å². The first kappa shape index (κ1) is 13.3. The van der Waals surface area contributed by atoms with Crippen LogP contribution in [0.1, 0.15) is 18.9 Å². The van der Waals surface area contributed by atoms with Crippen molar-refractivity contribution in [2.45, 2.75) is 30.4 Å². The van der Waals surface area contributed by atoms with Crippen molar-refractivity contribution in [3.05, 3.63) is 33.9 Å². The van der Waals surface area contributed by atoms with Crippen LogP contribution < -0.4 is 0 Å². The van der Waals surface area contributed by atoms with Gasteiger partial charge >= 0.3 is 0 Å². The minimum atomic E-state index is -0.358. The number of benzene rings is 1. The van der Waals surface area contributed by atoms with Crippen LogP contribution in [0.15, 0.2) is 23.1 Å². The number of non-ortho nitro benzene ring substituents is 1. The molecule has 0 spiro atoms. The van der Waals surface area contributed by atoms with E-state index in [0.29, 0.717) is 11.1 Å². The van der Waals surface area contributed by atoms with Gasteiger partial charge in [-0.1, -0.05) is 6.92 Å². The van der Waals surface area contributed by atoms with Gasteiger partial charge in [0.1, 0.15) is 0 Å². The van der Waals surface area contributed by atoms with Crippen molar-refractivity contribution in [3.8, 4) is 0 Å². The van der Waals surface area contributed by atoms with Crippen molar-refractivity contribution in [3.63, 3.8) is 0 Å². The number of nitro benzene ring substituents is 1. The van der Waals surface area contributed by atoms with Gasteiger partial charge in [-0.3, -0.25) is 10.1 Å². The van der Waals surface area contributed by atoms with Gasteiger partial charge < -0.3 is 0 Å². The highest BCUT2D eigenvalue weighted by Gasteiger charge is 2.10. The van der Waals surface area contributed by atoms with E-state index in [1.165, 1.54) is 0 Å². The quantitative estimate of drug-likeness (QED) is 0.347. The van der Waals surface area contributed by atoms with Crippen molar-refractivity contribution < 1.29 is 4.92 Å². The zero-order valence-electron chi connectivity index (χ0n) is 9.27. The normalized spacial score (nSPS) is 12.4. The molecule has 0 aliphatic carbocycles. The third-order valence-electron chi connectivity index (χ3n) is 2.10. The predicted molar refractivity (Wildman–Crippen MR) is 68.5 cm³/mol. The molecular weight excluding hydrogens is 246 g/mol. The molecule has 1 aromatic rings. The molecule has 1 aromatic carbocycles. The van der Waals surface area contributed by atoms with Crippen LogP contribution in [0.25, 0.3) is 0 Å². The summed E-state index contributed by atoms with van der Waals surface area (Å²) in [6, 6.07) is 5.15. The molecule has 1 atom stereocenters. The Morgan fingerprint density at radius 1 is 1.50 bits per heavy atom. The second-order valence-corrected chi connectivity index (χ2v) is 5.56. The standard InChI is InChI=1S/C11H14ClNO2S/c1-8-5-10(13(14)15)7-11(6-8)16-9(2)3-4-12/h5-7,9H,3-4H2,1-2H3. The molecule has 0 bridgehead atoms. The summed E-state index contributed by atoms with van der Waals surface area (Å²) in [4.78, 5) is 11.3. The Morgan fingerprint density at radius 3 is 2.75 bits per heavy atom. The summed E-state index contributed by atoms with van der Waals surface area (Å²) < 4.78 is 0. The van der Waals surface area contributed by atoms with Gasteiger partial charge in [0.2, 0.25) is 0 Å². The maximum atomic E-state index is 10.7. The SMILES string of the molecule is Cc1cc(SC(C)CCCl)cc([N+](=O)[O-])c1. The highest BCUT2D eigenvalue weighted by atomic mass is 35.5. The highest BCUT2D eigenvalue weighted by Crippen LogP contribution is 2.29. The molecule has 0 aliphatic rings. The van der Waals surface area contributed by atoms with E-state index in [4.69, 9.17) is 11.6 Å². The molecule has 0 radical (unpaired) electrons. The van der Waals surface area contributed by atoms with E-state index in [1.807, 2.05) is 13.0 Å². The lowest BCUT2D eigenvalue weighted by molar-refractivity contribution is -0.385. The zero-order valence-corrected chi connectivity index (χ0v) is 10.8. The van der Waals surface area contributed by atoms with Crippen molar-refractivity contribution in [2.75, 3.05) is 5.88 Å². The van der Waals surface area contributed by atoms with Gasteiger partial charge in [-0.2, -0.15) is 0 Å². The van der Waals surface area contributed by atoms with Crippen LogP contribution in [0.3, 0.4) is 0 Å². The molecule has 0 aliphatic heterocycles. The average molecular weight is 260 g/mol. The van der Waals surface area contributed by atoms with Crippen molar-refractivity contribution in [2.24, 2.45) is 0 Å². The van der Waals surface area contributed by atoms with Crippen molar-refractivity contribution in [1.82, 2.24) is 0 Å². The fourth-order valence-electron chi connectivity index (χ4n) is 1.35. The Balaban J connectivity index is 2.84. The maximum Gasteiger partial charge on any atom is 0.270 e. The number of thioether (sulfide) groups is 1. The smallest absolute Gasteiger partial charge is 0.258 e. The molecule has 1 unspecified atom stereocenters. The first-order valence-corrected chi connectivity index (χ1v) is 6.43. The van der Waals surface area contributed by atoms with Crippen LogP contribution in [-0.2, 0) is 0 Å². The molecule has 1 rings (SSSR count). The monoisotopic (exact) mass is 259 g/mol. The van der Waals surface area contributed by atoms with Gasteiger partial charge in [0.05, 0.1) is 4.92 Å². The molecule has 0 amide bonds. The minimum absolute atomic E-state index is 0.153. The summed E-state index contributed by atoms with van der Waals surface area (Å²) in [6.45, 7) is 3.94. The number of alkyl halides is 1. The van der Waals surface area contributed by atoms with E-state index in [2.05, 4.69) is 6.92 Å². The summed E-state index contributed by atoms with van der Waals surface area (Å²) in [5.74, 6) is 0.613. The number of aryl methyl sites for hydroxylation is 1. The fraction of sp³-hybridized carbons (Fsp3) is 0.455. The third-order valence-corrected chi connectivity index (χ3v) is 3.46. The molecule has 0 heterocycles. The largest absolute Gasteiger partial charge is 0.270 e. The summed E-state index contributed by atoms with van der Waals surface area (Å²) in [5, 5.41) is 11.1. The van der Waals surface area contributed by atoms with E-state index in [-0.39, 0.29) is 10.6 Å². The Morgan fingerprint density at radius 2 is 2.19 bits per heavy atom. The molecule has 0 saturated carbocycles. The van der Waals surface area contributed by atoms with Gasteiger partial charge in [-0.25, -0.2) is 0 Å². The lowest BCUT2D eigenvalue weighted by Gasteiger charge is -2.09. The van der Waals surface area contributed by atoms with Crippen LogP contribution >= 0.6 is 23.4 Å². The van der Waals surface area contributed by atoms with E-state index in [9.17, 15) is 10.1 Å². The van der Waals surface area contributed by atoms with Crippen LogP contribution in [0.4, 0.5) is 5.69 Å². The molecule has 0 aromatic heterocycles. The molecule has 0 saturated heterocycles. The maximum absolute atomic E-state index is 10.7. The van der Waals surface area contributed by atoms with Crippen LogP contribution in [-0.4, -0.2) is 16.1 Å². The summed E-state index contributed by atoms with van der Waals surface area (Å²) >= 11 is 7.28. The number of rotatable bonds is 5. The first-order chi connectivity index (χ1) is 7.52. The summed E-state index contributed by atoms with van der Waals surface area (Å²) in [7, 11) is 0. The number of halogens is 1. The highest BCUT2D eigenvalue weighted by molar-refractivity contribution is 8.00. The Bertz CT molecular complexity index is 384. The molecule has 0 N–H and O–H groups in total. The molecule has 16 heavy (non-hydrogen) atoms. The molecule has 88 valence electrons. The van der Waals surface area contributed by atoms with E-state index >= 15 is 0 Å². The number of hydrogen-bond acceptors (Lipinski definition) is 3. The lowest BCUT2D eigenvalue weighted by atomic mass is 10.2. The van der Waals surface area contributed by atoms with Crippen molar-refractivity contribution in [1.29, 1.82) is 0 Å². The molecule has 0 fully saturated rings. The molecule has 3 nitrogen and oxygen atoms in total. The third kappa shape index (κ3) is 4.02. The minimum Gasteiger partial charge on any atom is -0.258 e. The second-order valence-electron chi connectivity index (χ2n) is 3.67. The average Bonchev–Trinajstić information content (AvgIpc) is 2.16. The predicted octanol–water partition coefficient (Wildman–Crippen LogP) is 4.01. The fourth-order valence-corrected chi connectivity index (χ4v) is 2.95. The van der Waals surface area contributed by atoms with Crippen LogP contribution in [0.5, 0.6) is 0 Å². The first-order valence-electron chi connectivity index (χ1n) is 5.01. The topological polar surface area (TPSA) is 43.1 Å². The van der Waals surface area contributed by atoms with E-state index < -0.39 is 0 Å². The van der Waals surface area contributed by atoms with Gasteiger partial charge in [-0.05, 0) is 25.0 Å². The molecular formula is C11H14ClNO2S. The van der Waals surface area contributed by atoms with Crippen molar-refractivity contribution >= 4 is 29.1 Å². The Hall–Kier alpha value is -0.740. The van der Waals surface area contributed by atoms with Gasteiger partial charge in [0.15, 0.2) is 0 Å². The summed E-state index contributed by atoms with van der Waals surface area (Å²) in [5.41, 5.74) is 1.07. The van der Waals surface area contributed by atoms with Crippen LogP contribution in [0, 0.1) is 17.0 Å². The van der Waals surface area contributed by atoms with Gasteiger partial charge in [0.25, 0.3) is 5.69 Å². The number of nitrogens with zero attached hydrogens (tertiary/aromatic N) is 1. The van der Waals surface area contributed by atoms with Gasteiger partial charge in [-0.15, -0.1) is 23.4 Å². The molecule has 5 heteroatoms. The zero-order chi connectivity index (χ0) is 12.1. The summed E-state index contributed by atoms with van der Waals surface area (Å²) in [6.07, 6.45) is 0.897. The number of nitro groups is 1.